The van der Waals surface area contributed by atoms with Gasteiger partial charge in [0.2, 0.25) is 0 Å². The zero-order chi connectivity index (χ0) is 18.4. The second kappa shape index (κ2) is 8.25. The van der Waals surface area contributed by atoms with Gasteiger partial charge in [0.15, 0.2) is 6.10 Å². The molecule has 2 amide bonds. The third-order valence-corrected chi connectivity index (χ3v) is 3.47. The molecule has 130 valence electrons. The first-order valence-electron chi connectivity index (χ1n) is 7.20. The van der Waals surface area contributed by atoms with Crippen molar-refractivity contribution in [3.63, 3.8) is 0 Å². The first-order chi connectivity index (χ1) is 11.9. The largest absolute Gasteiger partial charge is 0.449 e. The van der Waals surface area contributed by atoms with Gasteiger partial charge in [0.05, 0.1) is 5.02 Å². The zero-order valence-electron chi connectivity index (χ0n) is 13.1. The highest BCUT2D eigenvalue weighted by Gasteiger charge is 2.23. The van der Waals surface area contributed by atoms with Gasteiger partial charge in [-0.15, -0.1) is 0 Å². The van der Waals surface area contributed by atoms with E-state index in [1.165, 1.54) is 19.1 Å². The quantitative estimate of drug-likeness (QED) is 0.645. The molecule has 2 aromatic rings. The van der Waals surface area contributed by atoms with Gasteiger partial charge in [0.1, 0.15) is 11.4 Å². The fraction of sp³-hybridized carbons (Fsp3) is 0.118. The first-order valence-corrected chi connectivity index (χ1v) is 7.58. The summed E-state index contributed by atoms with van der Waals surface area (Å²) >= 11 is 5.76. The second-order valence-electron chi connectivity index (χ2n) is 4.95. The van der Waals surface area contributed by atoms with Crippen LogP contribution in [-0.2, 0) is 9.53 Å². The van der Waals surface area contributed by atoms with Gasteiger partial charge in [-0.05, 0) is 31.2 Å². The lowest BCUT2D eigenvalue weighted by Gasteiger charge is -2.14. The van der Waals surface area contributed by atoms with Crippen molar-refractivity contribution >= 4 is 29.4 Å². The van der Waals surface area contributed by atoms with Gasteiger partial charge in [0.25, 0.3) is 11.8 Å². The van der Waals surface area contributed by atoms with Gasteiger partial charge >= 0.3 is 5.97 Å². The SMILES string of the molecule is C[C@@H](OC(=O)c1c(F)cccc1Cl)C(=O)NNC(=O)c1ccccc1. The molecular formula is C17H14ClFN2O4. The average Bonchev–Trinajstić information content (AvgIpc) is 2.59. The predicted molar refractivity (Wildman–Crippen MR) is 88.3 cm³/mol. The lowest BCUT2D eigenvalue weighted by atomic mass is 10.2. The van der Waals surface area contributed by atoms with E-state index in [1.54, 1.807) is 30.3 Å². The zero-order valence-corrected chi connectivity index (χ0v) is 13.8. The number of halogens is 2. The summed E-state index contributed by atoms with van der Waals surface area (Å²) in [7, 11) is 0. The van der Waals surface area contributed by atoms with Crippen LogP contribution in [0.3, 0.4) is 0 Å². The van der Waals surface area contributed by atoms with Crippen LogP contribution in [-0.4, -0.2) is 23.9 Å². The van der Waals surface area contributed by atoms with E-state index in [0.29, 0.717) is 5.56 Å². The summed E-state index contributed by atoms with van der Waals surface area (Å²) in [5, 5.41) is -0.130. The first kappa shape index (κ1) is 18.4. The maximum Gasteiger partial charge on any atom is 0.343 e. The monoisotopic (exact) mass is 364 g/mol. The average molecular weight is 365 g/mol. The summed E-state index contributed by atoms with van der Waals surface area (Å²) in [6.07, 6.45) is -1.28. The number of rotatable bonds is 4. The number of nitrogens with one attached hydrogen (secondary N) is 2. The maximum atomic E-state index is 13.7. The third-order valence-electron chi connectivity index (χ3n) is 3.16. The molecule has 2 N–H and O–H groups in total. The van der Waals surface area contributed by atoms with Crippen LogP contribution in [0, 0.1) is 5.82 Å². The number of carbonyl (C=O) groups excluding carboxylic acids is 3. The molecule has 0 aromatic heterocycles. The van der Waals surface area contributed by atoms with Gasteiger partial charge in [-0.1, -0.05) is 35.9 Å². The number of hydrogen-bond donors (Lipinski definition) is 2. The fourth-order valence-corrected chi connectivity index (χ4v) is 2.09. The molecular weight excluding hydrogens is 351 g/mol. The Bertz CT molecular complexity index is 778. The van der Waals surface area contributed by atoms with Crippen molar-refractivity contribution in [2.45, 2.75) is 13.0 Å². The second-order valence-corrected chi connectivity index (χ2v) is 5.36. The van der Waals surface area contributed by atoms with Gasteiger partial charge in [0, 0.05) is 5.56 Å². The van der Waals surface area contributed by atoms with Crippen molar-refractivity contribution in [3.05, 3.63) is 70.5 Å². The van der Waals surface area contributed by atoms with Crippen molar-refractivity contribution in [1.29, 1.82) is 0 Å². The summed E-state index contributed by atoms with van der Waals surface area (Å²) in [6, 6.07) is 11.9. The molecule has 0 radical (unpaired) electrons. The molecule has 1 atom stereocenters. The Morgan fingerprint density at radius 3 is 2.36 bits per heavy atom. The molecule has 0 fully saturated rings. The van der Waals surface area contributed by atoms with Crippen LogP contribution < -0.4 is 10.9 Å². The normalized spacial score (nSPS) is 11.3. The minimum Gasteiger partial charge on any atom is -0.449 e. The third kappa shape index (κ3) is 4.77. The van der Waals surface area contributed by atoms with Crippen LogP contribution in [0.2, 0.25) is 5.02 Å². The van der Waals surface area contributed by atoms with Crippen LogP contribution >= 0.6 is 11.6 Å². The fourth-order valence-electron chi connectivity index (χ4n) is 1.85. The Labute approximate surface area is 147 Å². The molecule has 25 heavy (non-hydrogen) atoms. The van der Waals surface area contributed by atoms with Crippen molar-refractivity contribution in [3.8, 4) is 0 Å². The Morgan fingerprint density at radius 1 is 1.04 bits per heavy atom. The van der Waals surface area contributed by atoms with Crippen molar-refractivity contribution in [2.75, 3.05) is 0 Å². The highest BCUT2D eigenvalue weighted by Crippen LogP contribution is 2.20. The van der Waals surface area contributed by atoms with Gasteiger partial charge < -0.3 is 4.74 Å². The number of ether oxygens (including phenoxy) is 1. The van der Waals surface area contributed by atoms with E-state index >= 15 is 0 Å². The highest BCUT2D eigenvalue weighted by molar-refractivity contribution is 6.33. The number of benzene rings is 2. The minimum atomic E-state index is -1.28. The van der Waals surface area contributed by atoms with Crippen LogP contribution in [0.1, 0.15) is 27.6 Å². The van der Waals surface area contributed by atoms with Crippen molar-refractivity contribution in [1.82, 2.24) is 10.9 Å². The van der Waals surface area contributed by atoms with E-state index in [1.807, 2.05) is 0 Å². The smallest absolute Gasteiger partial charge is 0.343 e. The Balaban J connectivity index is 1.92. The molecule has 0 spiro atoms. The van der Waals surface area contributed by atoms with Gasteiger partial charge in [-0.3, -0.25) is 20.4 Å². The number of hydrazine groups is 1. The molecule has 0 aliphatic carbocycles. The van der Waals surface area contributed by atoms with Crippen LogP contribution in [0.25, 0.3) is 0 Å². The minimum absolute atomic E-state index is 0.130. The lowest BCUT2D eigenvalue weighted by molar-refractivity contribution is -0.129. The molecule has 0 saturated heterocycles. The molecule has 0 bridgehead atoms. The number of esters is 1. The van der Waals surface area contributed by atoms with Crippen molar-refractivity contribution in [2.24, 2.45) is 0 Å². The van der Waals surface area contributed by atoms with Crippen LogP contribution in [0.15, 0.2) is 48.5 Å². The van der Waals surface area contributed by atoms with Crippen LogP contribution in [0.4, 0.5) is 4.39 Å². The topological polar surface area (TPSA) is 84.5 Å². The molecule has 0 heterocycles. The Hall–Kier alpha value is -2.93. The lowest BCUT2D eigenvalue weighted by Crippen LogP contribution is -2.46. The molecule has 6 nitrogen and oxygen atoms in total. The molecule has 0 aliphatic heterocycles. The van der Waals surface area contributed by atoms with E-state index in [0.717, 1.165) is 6.07 Å². The van der Waals surface area contributed by atoms with Gasteiger partial charge in [-0.25, -0.2) is 9.18 Å². The standard InChI is InChI=1S/C17H14ClFN2O4/c1-10(25-17(24)14-12(18)8-5-9-13(14)19)15(22)20-21-16(23)11-6-3-2-4-7-11/h2-10H,1H3,(H,20,22)(H,21,23)/t10-/m1/s1. The molecule has 2 aromatic carbocycles. The number of carbonyl (C=O) groups is 3. The van der Waals surface area contributed by atoms with E-state index in [9.17, 15) is 18.8 Å². The summed E-state index contributed by atoms with van der Waals surface area (Å²) in [5.41, 5.74) is 4.19. The summed E-state index contributed by atoms with van der Waals surface area (Å²) in [5.74, 6) is -3.27. The van der Waals surface area contributed by atoms with Gasteiger partial charge in [-0.2, -0.15) is 0 Å². The van der Waals surface area contributed by atoms with Crippen LogP contribution in [0.5, 0.6) is 0 Å². The predicted octanol–water partition coefficient (Wildman–Crippen LogP) is 2.49. The highest BCUT2D eigenvalue weighted by atomic mass is 35.5. The van der Waals surface area contributed by atoms with E-state index < -0.39 is 35.3 Å². The number of amides is 2. The molecule has 0 unspecified atom stereocenters. The summed E-state index contributed by atoms with van der Waals surface area (Å²) in [6.45, 7) is 1.27. The van der Waals surface area contributed by atoms with Crippen molar-refractivity contribution < 1.29 is 23.5 Å². The van der Waals surface area contributed by atoms with E-state index in [-0.39, 0.29) is 5.02 Å². The Morgan fingerprint density at radius 2 is 1.72 bits per heavy atom. The molecule has 2 rings (SSSR count). The van der Waals surface area contributed by atoms with E-state index in [4.69, 9.17) is 16.3 Å². The summed E-state index contributed by atoms with van der Waals surface area (Å²) < 4.78 is 18.5. The molecule has 8 heteroatoms. The molecule has 0 aliphatic rings. The molecule has 0 saturated carbocycles. The Kier molecular flexibility index (Phi) is 6.08. The summed E-state index contributed by atoms with van der Waals surface area (Å²) in [4.78, 5) is 35.6. The van der Waals surface area contributed by atoms with E-state index in [2.05, 4.69) is 10.9 Å². The number of hydrogen-bond acceptors (Lipinski definition) is 4. The maximum absolute atomic E-state index is 13.7.